The molecule has 24 heavy (non-hydrogen) atoms. The fourth-order valence-electron chi connectivity index (χ4n) is 2.44. The summed E-state index contributed by atoms with van der Waals surface area (Å²) in [4.78, 5) is 21.5. The largest absolute Gasteiger partial charge is 0.347 e. The number of thiazole rings is 1. The average Bonchev–Trinajstić information content (AvgIpc) is 2.90. The lowest BCUT2D eigenvalue weighted by Gasteiger charge is -2.07. The van der Waals surface area contributed by atoms with Crippen molar-refractivity contribution in [2.45, 2.75) is 20.4 Å². The number of halogens is 1. The number of hydrogen-bond acceptors (Lipinski definition) is 4. The monoisotopic (exact) mass is 341 g/mol. The van der Waals surface area contributed by atoms with Crippen molar-refractivity contribution in [1.82, 2.24) is 15.3 Å². The van der Waals surface area contributed by atoms with Crippen LogP contribution in [0.3, 0.4) is 0 Å². The number of carbonyl (C=O) groups is 1. The number of aryl methyl sites for hydroxylation is 2. The summed E-state index contributed by atoms with van der Waals surface area (Å²) in [5.41, 5.74) is 2.49. The quantitative estimate of drug-likeness (QED) is 0.783. The second kappa shape index (κ2) is 6.88. The van der Waals surface area contributed by atoms with Crippen LogP contribution in [-0.4, -0.2) is 15.9 Å². The summed E-state index contributed by atoms with van der Waals surface area (Å²) in [6.07, 6.45) is 2.69. The molecule has 0 unspecified atom stereocenters. The Morgan fingerprint density at radius 3 is 2.83 bits per heavy atom. The molecule has 4 nitrogen and oxygen atoms in total. The Balaban J connectivity index is 1.77. The summed E-state index contributed by atoms with van der Waals surface area (Å²) in [6.45, 7) is 4.30. The van der Waals surface area contributed by atoms with Gasteiger partial charge in [0.25, 0.3) is 5.91 Å². The highest BCUT2D eigenvalue weighted by molar-refractivity contribution is 7.11. The summed E-state index contributed by atoms with van der Waals surface area (Å²) >= 11 is 1.57. The minimum absolute atomic E-state index is 0.197. The molecular formula is C18H16FN3OS. The van der Waals surface area contributed by atoms with Crippen LogP contribution in [0.15, 0.2) is 42.7 Å². The van der Waals surface area contributed by atoms with Gasteiger partial charge in [-0.15, -0.1) is 11.3 Å². The smallest absolute Gasteiger partial charge is 0.251 e. The van der Waals surface area contributed by atoms with Gasteiger partial charge in [-0.1, -0.05) is 12.1 Å². The third-order valence-electron chi connectivity index (χ3n) is 3.62. The van der Waals surface area contributed by atoms with Crippen molar-refractivity contribution < 1.29 is 9.18 Å². The Bertz CT molecular complexity index is 891. The van der Waals surface area contributed by atoms with E-state index in [0.29, 0.717) is 23.2 Å². The van der Waals surface area contributed by atoms with E-state index in [0.717, 1.165) is 21.8 Å². The number of aromatic nitrogens is 2. The predicted molar refractivity (Wildman–Crippen MR) is 92.4 cm³/mol. The molecule has 0 saturated heterocycles. The third kappa shape index (κ3) is 3.49. The van der Waals surface area contributed by atoms with Gasteiger partial charge in [-0.2, -0.15) is 0 Å². The van der Waals surface area contributed by atoms with E-state index in [2.05, 4.69) is 15.3 Å². The van der Waals surface area contributed by atoms with Crippen LogP contribution in [0.4, 0.5) is 4.39 Å². The molecule has 3 rings (SSSR count). The maximum Gasteiger partial charge on any atom is 0.251 e. The zero-order chi connectivity index (χ0) is 17.1. The molecule has 0 aliphatic rings. The van der Waals surface area contributed by atoms with Crippen molar-refractivity contribution in [3.05, 3.63) is 69.7 Å². The Hall–Kier alpha value is -2.60. The first-order valence-corrected chi connectivity index (χ1v) is 8.27. The third-order valence-corrected chi connectivity index (χ3v) is 4.69. The molecule has 1 N–H and O–H groups in total. The number of benzene rings is 1. The van der Waals surface area contributed by atoms with Crippen molar-refractivity contribution in [1.29, 1.82) is 0 Å². The van der Waals surface area contributed by atoms with E-state index >= 15 is 0 Å². The zero-order valence-electron chi connectivity index (χ0n) is 13.3. The van der Waals surface area contributed by atoms with E-state index in [4.69, 9.17) is 0 Å². The normalized spacial score (nSPS) is 10.6. The molecule has 2 heterocycles. The molecule has 6 heteroatoms. The van der Waals surface area contributed by atoms with Crippen LogP contribution in [0.2, 0.25) is 0 Å². The molecule has 0 bridgehead atoms. The van der Waals surface area contributed by atoms with Gasteiger partial charge in [-0.05, 0) is 37.6 Å². The van der Waals surface area contributed by atoms with Crippen LogP contribution >= 0.6 is 11.3 Å². The van der Waals surface area contributed by atoms with E-state index in [9.17, 15) is 9.18 Å². The lowest BCUT2D eigenvalue weighted by molar-refractivity contribution is 0.0951. The summed E-state index contributed by atoms with van der Waals surface area (Å²) in [7, 11) is 0. The van der Waals surface area contributed by atoms with Crippen LogP contribution in [0.1, 0.15) is 25.9 Å². The minimum atomic E-state index is -0.411. The molecule has 0 aliphatic heterocycles. The number of amides is 1. The maximum absolute atomic E-state index is 13.9. The molecule has 0 radical (unpaired) electrons. The molecular weight excluding hydrogens is 325 g/mol. The molecule has 1 amide bonds. The van der Waals surface area contributed by atoms with Gasteiger partial charge < -0.3 is 5.32 Å². The van der Waals surface area contributed by atoms with Gasteiger partial charge in [0.1, 0.15) is 5.82 Å². The van der Waals surface area contributed by atoms with E-state index < -0.39 is 5.82 Å². The first-order valence-electron chi connectivity index (χ1n) is 7.45. The Labute approximate surface area is 143 Å². The second-order valence-corrected chi connectivity index (χ2v) is 6.65. The maximum atomic E-state index is 13.9. The van der Waals surface area contributed by atoms with E-state index in [-0.39, 0.29) is 5.91 Å². The number of nitrogens with one attached hydrogen (secondary N) is 1. The highest BCUT2D eigenvalue weighted by Gasteiger charge is 2.11. The highest BCUT2D eigenvalue weighted by Crippen LogP contribution is 2.23. The number of pyridine rings is 1. The molecule has 122 valence electrons. The van der Waals surface area contributed by atoms with Gasteiger partial charge in [-0.25, -0.2) is 9.37 Å². The van der Waals surface area contributed by atoms with E-state index in [1.807, 2.05) is 13.8 Å². The number of nitrogens with zero attached hydrogens (tertiary/aromatic N) is 2. The van der Waals surface area contributed by atoms with Gasteiger partial charge in [0, 0.05) is 22.2 Å². The molecule has 0 saturated carbocycles. The van der Waals surface area contributed by atoms with Crippen molar-refractivity contribution >= 4 is 17.2 Å². The van der Waals surface area contributed by atoms with Crippen molar-refractivity contribution in [3.63, 3.8) is 0 Å². The Morgan fingerprint density at radius 2 is 2.12 bits per heavy atom. The Kier molecular flexibility index (Phi) is 4.66. The van der Waals surface area contributed by atoms with Crippen LogP contribution in [0, 0.1) is 19.7 Å². The summed E-state index contributed by atoms with van der Waals surface area (Å²) in [6, 6.07) is 8.50. The topological polar surface area (TPSA) is 54.9 Å². The molecule has 3 aromatic rings. The van der Waals surface area contributed by atoms with Gasteiger partial charge in [0.05, 0.1) is 23.4 Å². The summed E-state index contributed by atoms with van der Waals surface area (Å²) < 4.78 is 13.9. The molecule has 0 aliphatic carbocycles. The summed E-state index contributed by atoms with van der Waals surface area (Å²) in [5.74, 6) is -0.609. The number of carbonyl (C=O) groups excluding carboxylic acids is 1. The lowest BCUT2D eigenvalue weighted by Crippen LogP contribution is -2.22. The van der Waals surface area contributed by atoms with Crippen LogP contribution in [0.5, 0.6) is 0 Å². The highest BCUT2D eigenvalue weighted by atomic mass is 32.1. The molecule has 0 atom stereocenters. The van der Waals surface area contributed by atoms with Gasteiger partial charge in [0.2, 0.25) is 0 Å². The molecule has 2 aromatic heterocycles. The number of rotatable bonds is 4. The fourth-order valence-corrected chi connectivity index (χ4v) is 3.31. The average molecular weight is 341 g/mol. The molecule has 1 aromatic carbocycles. The van der Waals surface area contributed by atoms with Crippen LogP contribution in [0.25, 0.3) is 11.1 Å². The van der Waals surface area contributed by atoms with Gasteiger partial charge >= 0.3 is 0 Å². The SMILES string of the molecule is Cc1nc(C)c(CNC(=O)c2cccc(-c3ccncc3F)c2)s1. The van der Waals surface area contributed by atoms with Crippen molar-refractivity contribution in [2.75, 3.05) is 0 Å². The van der Waals surface area contributed by atoms with E-state index in [1.165, 1.54) is 6.20 Å². The predicted octanol–water partition coefficient (Wildman–Crippen LogP) is 3.89. The first kappa shape index (κ1) is 16.3. The summed E-state index contributed by atoms with van der Waals surface area (Å²) in [5, 5.41) is 3.87. The zero-order valence-corrected chi connectivity index (χ0v) is 14.2. The van der Waals surface area contributed by atoms with Gasteiger partial charge in [-0.3, -0.25) is 9.78 Å². The fraction of sp³-hybridized carbons (Fsp3) is 0.167. The van der Waals surface area contributed by atoms with Crippen LogP contribution in [-0.2, 0) is 6.54 Å². The minimum Gasteiger partial charge on any atom is -0.347 e. The van der Waals surface area contributed by atoms with Crippen LogP contribution < -0.4 is 5.32 Å². The van der Waals surface area contributed by atoms with Gasteiger partial charge in [0.15, 0.2) is 0 Å². The standard InChI is InChI=1S/C18H16FN3OS/c1-11-17(24-12(2)22-11)10-21-18(23)14-5-3-4-13(8-14)15-6-7-20-9-16(15)19/h3-9H,10H2,1-2H3,(H,21,23). The lowest BCUT2D eigenvalue weighted by atomic mass is 10.0. The van der Waals surface area contributed by atoms with Crippen molar-refractivity contribution in [2.24, 2.45) is 0 Å². The number of hydrogen-bond donors (Lipinski definition) is 1. The van der Waals surface area contributed by atoms with E-state index in [1.54, 1.807) is 41.7 Å². The molecule has 0 fully saturated rings. The first-order chi connectivity index (χ1) is 11.5. The Morgan fingerprint density at radius 1 is 1.29 bits per heavy atom. The second-order valence-electron chi connectivity index (χ2n) is 5.36. The molecule has 0 spiro atoms. The van der Waals surface area contributed by atoms with Crippen molar-refractivity contribution in [3.8, 4) is 11.1 Å².